The van der Waals surface area contributed by atoms with Crippen LogP contribution in [0.15, 0.2) is 0 Å². The molecule has 1 saturated heterocycles. The normalized spacial score (nSPS) is 25.8. The number of likely N-dealkylation sites (tertiary alicyclic amines) is 1. The number of carbonyl (C=O) groups excluding carboxylic acids is 1. The first kappa shape index (κ1) is 13.2. The molecule has 5 heteroatoms. The standard InChI is InChI=1S/C13H22N2O3/c16-12(17)11-8-4-5-9-15(11)13(18)14-10-6-2-1-3-7-10/h10-11H,1-9H2,(H,14,18)(H,16,17)/t11-/m1/s1. The zero-order valence-corrected chi connectivity index (χ0v) is 10.7. The minimum absolute atomic E-state index is 0.186. The summed E-state index contributed by atoms with van der Waals surface area (Å²) in [6.07, 6.45) is 7.99. The van der Waals surface area contributed by atoms with Gasteiger partial charge in [-0.1, -0.05) is 19.3 Å². The highest BCUT2D eigenvalue weighted by Gasteiger charge is 2.32. The van der Waals surface area contributed by atoms with E-state index in [1.165, 1.54) is 11.3 Å². The van der Waals surface area contributed by atoms with E-state index in [0.717, 1.165) is 38.5 Å². The van der Waals surface area contributed by atoms with E-state index in [2.05, 4.69) is 5.32 Å². The van der Waals surface area contributed by atoms with Gasteiger partial charge in [-0.05, 0) is 32.1 Å². The van der Waals surface area contributed by atoms with Gasteiger partial charge >= 0.3 is 12.0 Å². The number of nitrogens with one attached hydrogen (secondary N) is 1. The predicted molar refractivity (Wildman–Crippen MR) is 67.4 cm³/mol. The van der Waals surface area contributed by atoms with Gasteiger partial charge in [0.2, 0.25) is 0 Å². The molecular weight excluding hydrogens is 232 g/mol. The maximum absolute atomic E-state index is 12.1. The number of aliphatic carboxylic acids is 1. The molecule has 2 N–H and O–H groups in total. The third-order valence-corrected chi connectivity index (χ3v) is 3.98. The molecule has 2 rings (SSSR count). The molecule has 1 heterocycles. The molecule has 18 heavy (non-hydrogen) atoms. The molecule has 0 spiro atoms. The molecule has 2 amide bonds. The number of hydrogen-bond donors (Lipinski definition) is 2. The molecule has 1 saturated carbocycles. The van der Waals surface area contributed by atoms with Crippen LogP contribution in [0.4, 0.5) is 4.79 Å². The summed E-state index contributed by atoms with van der Waals surface area (Å²) in [7, 11) is 0. The van der Waals surface area contributed by atoms with Crippen molar-refractivity contribution in [3.63, 3.8) is 0 Å². The molecule has 0 aromatic carbocycles. The first-order valence-corrected chi connectivity index (χ1v) is 6.98. The van der Waals surface area contributed by atoms with Gasteiger partial charge in [0, 0.05) is 12.6 Å². The number of rotatable bonds is 2. The SMILES string of the molecule is O=C(O)[C@H]1CCCCN1C(=O)NC1CCCCC1. The molecule has 0 radical (unpaired) electrons. The lowest BCUT2D eigenvalue weighted by Crippen LogP contribution is -2.54. The fraction of sp³-hybridized carbons (Fsp3) is 0.846. The van der Waals surface area contributed by atoms with Crippen molar-refractivity contribution < 1.29 is 14.7 Å². The number of carboxylic acids is 1. The second kappa shape index (κ2) is 6.07. The summed E-state index contributed by atoms with van der Waals surface area (Å²) in [6.45, 7) is 0.565. The Morgan fingerprint density at radius 1 is 1.00 bits per heavy atom. The van der Waals surface area contributed by atoms with Crippen molar-refractivity contribution >= 4 is 12.0 Å². The molecule has 0 unspecified atom stereocenters. The lowest BCUT2D eigenvalue weighted by atomic mass is 9.95. The summed E-state index contributed by atoms with van der Waals surface area (Å²) in [5, 5.41) is 12.1. The number of urea groups is 1. The van der Waals surface area contributed by atoms with Crippen molar-refractivity contribution in [3.05, 3.63) is 0 Å². The van der Waals surface area contributed by atoms with Gasteiger partial charge in [-0.3, -0.25) is 0 Å². The number of carbonyl (C=O) groups is 2. The van der Waals surface area contributed by atoms with Crippen molar-refractivity contribution in [1.82, 2.24) is 10.2 Å². The summed E-state index contributed by atoms with van der Waals surface area (Å²) in [6, 6.07) is -0.584. The van der Waals surface area contributed by atoms with E-state index >= 15 is 0 Å². The van der Waals surface area contributed by atoms with Gasteiger partial charge in [0.1, 0.15) is 6.04 Å². The largest absolute Gasteiger partial charge is 0.480 e. The van der Waals surface area contributed by atoms with E-state index in [1.807, 2.05) is 0 Å². The summed E-state index contributed by atoms with van der Waals surface area (Å²) in [5.74, 6) is -0.881. The average molecular weight is 254 g/mol. The number of nitrogens with zero attached hydrogens (tertiary/aromatic N) is 1. The topological polar surface area (TPSA) is 69.6 Å². The molecule has 0 aromatic rings. The zero-order valence-electron chi connectivity index (χ0n) is 10.7. The lowest BCUT2D eigenvalue weighted by Gasteiger charge is -2.34. The fourth-order valence-corrected chi connectivity index (χ4v) is 2.94. The highest BCUT2D eigenvalue weighted by atomic mass is 16.4. The molecule has 102 valence electrons. The highest BCUT2D eigenvalue weighted by Crippen LogP contribution is 2.20. The van der Waals surface area contributed by atoms with Gasteiger partial charge in [0.05, 0.1) is 0 Å². The van der Waals surface area contributed by atoms with E-state index in [4.69, 9.17) is 5.11 Å². The average Bonchev–Trinajstić information content (AvgIpc) is 2.40. The molecular formula is C13H22N2O3. The van der Waals surface area contributed by atoms with E-state index < -0.39 is 12.0 Å². The molecule has 5 nitrogen and oxygen atoms in total. The Labute approximate surface area is 108 Å². The van der Waals surface area contributed by atoms with Crippen LogP contribution in [0.3, 0.4) is 0 Å². The van der Waals surface area contributed by atoms with Crippen LogP contribution in [0.5, 0.6) is 0 Å². The Morgan fingerprint density at radius 3 is 2.33 bits per heavy atom. The second-order valence-corrected chi connectivity index (χ2v) is 5.33. The van der Waals surface area contributed by atoms with Gasteiger partial charge in [0.15, 0.2) is 0 Å². The van der Waals surface area contributed by atoms with Crippen LogP contribution in [-0.2, 0) is 4.79 Å². The van der Waals surface area contributed by atoms with Crippen LogP contribution in [0, 0.1) is 0 Å². The smallest absolute Gasteiger partial charge is 0.326 e. The third kappa shape index (κ3) is 3.15. The molecule has 2 aliphatic rings. The molecule has 2 fully saturated rings. The predicted octanol–water partition coefficient (Wildman–Crippen LogP) is 1.97. The van der Waals surface area contributed by atoms with Gasteiger partial charge in [-0.25, -0.2) is 9.59 Å². The maximum Gasteiger partial charge on any atom is 0.326 e. The van der Waals surface area contributed by atoms with Crippen molar-refractivity contribution in [2.75, 3.05) is 6.54 Å². The van der Waals surface area contributed by atoms with Gasteiger partial charge in [0.25, 0.3) is 0 Å². The molecule has 0 aromatic heterocycles. The highest BCUT2D eigenvalue weighted by molar-refractivity contribution is 5.83. The van der Waals surface area contributed by atoms with E-state index in [1.54, 1.807) is 0 Å². The minimum atomic E-state index is -0.881. The van der Waals surface area contributed by atoms with E-state index in [0.29, 0.717) is 13.0 Å². The molecule has 0 bridgehead atoms. The van der Waals surface area contributed by atoms with Crippen LogP contribution in [-0.4, -0.2) is 40.6 Å². The molecule has 1 aliphatic heterocycles. The quantitative estimate of drug-likeness (QED) is 0.791. The van der Waals surface area contributed by atoms with Crippen molar-refractivity contribution in [1.29, 1.82) is 0 Å². The zero-order chi connectivity index (χ0) is 13.0. The lowest BCUT2D eigenvalue weighted by molar-refractivity contribution is -0.143. The Kier molecular flexibility index (Phi) is 4.44. The van der Waals surface area contributed by atoms with Crippen LogP contribution >= 0.6 is 0 Å². The maximum atomic E-state index is 12.1. The summed E-state index contributed by atoms with van der Waals surface area (Å²) >= 11 is 0. The van der Waals surface area contributed by atoms with Gasteiger partial charge in [-0.2, -0.15) is 0 Å². The third-order valence-electron chi connectivity index (χ3n) is 3.98. The second-order valence-electron chi connectivity index (χ2n) is 5.33. The molecule has 1 atom stereocenters. The van der Waals surface area contributed by atoms with Gasteiger partial charge < -0.3 is 15.3 Å². The summed E-state index contributed by atoms with van der Waals surface area (Å²) in [4.78, 5) is 24.8. The Balaban J connectivity index is 1.91. The summed E-state index contributed by atoms with van der Waals surface area (Å²) in [5.41, 5.74) is 0. The monoisotopic (exact) mass is 254 g/mol. The van der Waals surface area contributed by atoms with Crippen LogP contribution in [0.25, 0.3) is 0 Å². The van der Waals surface area contributed by atoms with Crippen molar-refractivity contribution in [2.45, 2.75) is 63.5 Å². The Morgan fingerprint density at radius 2 is 1.67 bits per heavy atom. The fourth-order valence-electron chi connectivity index (χ4n) is 2.94. The number of amides is 2. The Hall–Kier alpha value is -1.26. The van der Waals surface area contributed by atoms with Crippen molar-refractivity contribution in [2.24, 2.45) is 0 Å². The number of piperidine rings is 1. The summed E-state index contributed by atoms with van der Waals surface area (Å²) < 4.78 is 0. The van der Waals surface area contributed by atoms with Gasteiger partial charge in [-0.15, -0.1) is 0 Å². The number of hydrogen-bond acceptors (Lipinski definition) is 2. The first-order chi connectivity index (χ1) is 8.68. The van der Waals surface area contributed by atoms with E-state index in [-0.39, 0.29) is 12.1 Å². The van der Waals surface area contributed by atoms with Crippen LogP contribution < -0.4 is 5.32 Å². The number of carboxylic acid groups (broad SMARTS) is 1. The van der Waals surface area contributed by atoms with Crippen LogP contribution in [0.2, 0.25) is 0 Å². The first-order valence-electron chi connectivity index (χ1n) is 6.98. The minimum Gasteiger partial charge on any atom is -0.480 e. The van der Waals surface area contributed by atoms with Crippen LogP contribution in [0.1, 0.15) is 51.4 Å². The van der Waals surface area contributed by atoms with Crippen molar-refractivity contribution in [3.8, 4) is 0 Å². The molecule has 1 aliphatic carbocycles. The Bertz CT molecular complexity index is 313. The van der Waals surface area contributed by atoms with E-state index in [9.17, 15) is 9.59 Å².